The second-order valence-electron chi connectivity index (χ2n) is 5.54. The number of sulfonamides is 1. The first-order valence-corrected chi connectivity index (χ1v) is 9.48. The van der Waals surface area contributed by atoms with Crippen LogP contribution in [0.25, 0.3) is 0 Å². The standard InChI is InChI=1S/C14H26N4O2S2.HI/c1-11(2)8-9-16-14(15-3)17-10-12-6-7-13(21-12)22(19,20)18(4)5;/h6-7,11H,8-10H2,1-5H3,(H2,15,16,17);1H. The number of halogens is 1. The zero-order valence-corrected chi connectivity index (χ0v) is 18.3. The van der Waals surface area contributed by atoms with Gasteiger partial charge in [0.15, 0.2) is 5.96 Å². The van der Waals surface area contributed by atoms with Crippen LogP contribution in [0.15, 0.2) is 21.3 Å². The molecule has 9 heteroatoms. The number of nitrogens with one attached hydrogen (secondary N) is 2. The van der Waals surface area contributed by atoms with Crippen LogP contribution in [0.4, 0.5) is 0 Å². The van der Waals surface area contributed by atoms with Crippen LogP contribution >= 0.6 is 35.3 Å². The Balaban J connectivity index is 0.00000484. The summed E-state index contributed by atoms with van der Waals surface area (Å²) in [6.45, 7) is 5.77. The first kappa shape index (κ1) is 22.6. The molecule has 0 atom stereocenters. The fourth-order valence-corrected chi connectivity index (χ4v) is 4.11. The summed E-state index contributed by atoms with van der Waals surface area (Å²) in [5, 5.41) is 6.44. The van der Waals surface area contributed by atoms with E-state index in [-0.39, 0.29) is 24.0 Å². The van der Waals surface area contributed by atoms with Crippen LogP contribution < -0.4 is 10.6 Å². The van der Waals surface area contributed by atoms with Gasteiger partial charge in [-0.05, 0) is 24.5 Å². The minimum Gasteiger partial charge on any atom is -0.356 e. The molecule has 0 saturated carbocycles. The van der Waals surface area contributed by atoms with Crippen LogP contribution in [-0.4, -0.2) is 46.4 Å². The SMILES string of the molecule is CN=C(NCCC(C)C)NCc1ccc(S(=O)(=O)N(C)C)s1.I. The van der Waals surface area contributed by atoms with Crippen LogP contribution in [0.3, 0.4) is 0 Å². The second kappa shape index (κ2) is 10.5. The fourth-order valence-electron chi connectivity index (χ4n) is 1.64. The summed E-state index contributed by atoms with van der Waals surface area (Å²) in [4.78, 5) is 5.11. The molecule has 0 saturated heterocycles. The van der Waals surface area contributed by atoms with Gasteiger partial charge in [0.25, 0.3) is 10.0 Å². The summed E-state index contributed by atoms with van der Waals surface area (Å²) in [5.74, 6) is 1.37. The van der Waals surface area contributed by atoms with Gasteiger partial charge in [0.1, 0.15) is 4.21 Å². The van der Waals surface area contributed by atoms with E-state index in [2.05, 4.69) is 29.5 Å². The highest BCUT2D eigenvalue weighted by Gasteiger charge is 2.19. The number of aliphatic imine (C=N–C) groups is 1. The molecule has 1 aromatic heterocycles. The molecule has 0 aliphatic rings. The second-order valence-corrected chi connectivity index (χ2v) is 9.09. The highest BCUT2D eigenvalue weighted by Crippen LogP contribution is 2.23. The van der Waals surface area contributed by atoms with Crippen molar-refractivity contribution in [2.24, 2.45) is 10.9 Å². The molecule has 0 spiro atoms. The molecule has 0 fully saturated rings. The van der Waals surface area contributed by atoms with E-state index in [4.69, 9.17) is 0 Å². The van der Waals surface area contributed by atoms with Gasteiger partial charge in [-0.1, -0.05) is 13.8 Å². The van der Waals surface area contributed by atoms with E-state index in [0.29, 0.717) is 16.7 Å². The van der Waals surface area contributed by atoms with Crippen LogP contribution in [-0.2, 0) is 16.6 Å². The van der Waals surface area contributed by atoms with Gasteiger partial charge in [-0.15, -0.1) is 35.3 Å². The highest BCUT2D eigenvalue weighted by molar-refractivity contribution is 14.0. The van der Waals surface area contributed by atoms with E-state index >= 15 is 0 Å². The number of hydrogen-bond donors (Lipinski definition) is 2. The van der Waals surface area contributed by atoms with E-state index in [0.717, 1.165) is 23.8 Å². The zero-order chi connectivity index (χ0) is 16.8. The lowest BCUT2D eigenvalue weighted by molar-refractivity contribution is 0.523. The van der Waals surface area contributed by atoms with Crippen molar-refractivity contribution in [1.82, 2.24) is 14.9 Å². The van der Waals surface area contributed by atoms with E-state index in [1.807, 2.05) is 6.07 Å². The maximum atomic E-state index is 12.0. The van der Waals surface area contributed by atoms with Gasteiger partial charge in [0.2, 0.25) is 0 Å². The monoisotopic (exact) mass is 474 g/mol. The van der Waals surface area contributed by atoms with Crippen molar-refractivity contribution in [3.8, 4) is 0 Å². The first-order valence-electron chi connectivity index (χ1n) is 7.23. The molecule has 2 N–H and O–H groups in total. The molecule has 23 heavy (non-hydrogen) atoms. The van der Waals surface area contributed by atoms with E-state index in [1.165, 1.54) is 29.7 Å². The van der Waals surface area contributed by atoms with Crippen molar-refractivity contribution in [2.45, 2.75) is 31.0 Å². The Hall–Kier alpha value is -0.390. The van der Waals surface area contributed by atoms with Gasteiger partial charge in [0.05, 0.1) is 6.54 Å². The summed E-state index contributed by atoms with van der Waals surface area (Å²) in [7, 11) is 1.45. The topological polar surface area (TPSA) is 73.8 Å². The van der Waals surface area contributed by atoms with Crippen LogP contribution in [0.2, 0.25) is 0 Å². The van der Waals surface area contributed by atoms with Gasteiger partial charge in [-0.25, -0.2) is 12.7 Å². The third-order valence-electron chi connectivity index (χ3n) is 3.04. The maximum absolute atomic E-state index is 12.0. The van der Waals surface area contributed by atoms with Crippen molar-refractivity contribution < 1.29 is 8.42 Å². The summed E-state index contributed by atoms with van der Waals surface area (Å²) < 4.78 is 25.6. The molecule has 0 aliphatic carbocycles. The molecular formula is C14H27IN4O2S2. The van der Waals surface area contributed by atoms with Gasteiger partial charge in [0, 0.05) is 32.6 Å². The predicted molar refractivity (Wildman–Crippen MR) is 108 cm³/mol. The van der Waals surface area contributed by atoms with Crippen LogP contribution in [0.5, 0.6) is 0 Å². The number of thiophene rings is 1. The number of rotatable bonds is 7. The third-order valence-corrected chi connectivity index (χ3v) is 6.41. The summed E-state index contributed by atoms with van der Waals surface area (Å²) in [5.41, 5.74) is 0. The molecule has 1 rings (SSSR count). The van der Waals surface area contributed by atoms with Crippen molar-refractivity contribution >= 4 is 51.3 Å². The van der Waals surface area contributed by atoms with E-state index in [1.54, 1.807) is 13.1 Å². The highest BCUT2D eigenvalue weighted by atomic mass is 127. The van der Waals surface area contributed by atoms with Gasteiger partial charge in [-0.3, -0.25) is 4.99 Å². The lowest BCUT2D eigenvalue weighted by Gasteiger charge is -2.12. The Morgan fingerprint density at radius 3 is 2.48 bits per heavy atom. The number of hydrogen-bond acceptors (Lipinski definition) is 4. The fraction of sp³-hybridized carbons (Fsp3) is 0.643. The van der Waals surface area contributed by atoms with Crippen molar-refractivity contribution in [3.63, 3.8) is 0 Å². The van der Waals surface area contributed by atoms with Gasteiger partial charge in [-0.2, -0.15) is 0 Å². The van der Waals surface area contributed by atoms with Crippen LogP contribution in [0.1, 0.15) is 25.1 Å². The molecule has 0 radical (unpaired) electrons. The minimum absolute atomic E-state index is 0. The third kappa shape index (κ3) is 7.36. The normalized spacial score (nSPS) is 12.4. The lowest BCUT2D eigenvalue weighted by atomic mass is 10.1. The Morgan fingerprint density at radius 2 is 1.96 bits per heavy atom. The molecule has 0 aliphatic heterocycles. The molecule has 6 nitrogen and oxygen atoms in total. The summed E-state index contributed by atoms with van der Waals surface area (Å²) in [6.07, 6.45) is 1.07. The molecule has 0 bridgehead atoms. The number of guanidine groups is 1. The van der Waals surface area contributed by atoms with Crippen molar-refractivity contribution in [1.29, 1.82) is 0 Å². The van der Waals surface area contributed by atoms with Gasteiger partial charge >= 0.3 is 0 Å². The Morgan fingerprint density at radius 1 is 1.30 bits per heavy atom. The first-order chi connectivity index (χ1) is 10.3. The molecule has 0 unspecified atom stereocenters. The van der Waals surface area contributed by atoms with Crippen LogP contribution in [0, 0.1) is 5.92 Å². The lowest BCUT2D eigenvalue weighted by Crippen LogP contribution is -2.37. The molecule has 0 amide bonds. The van der Waals surface area contributed by atoms with E-state index < -0.39 is 10.0 Å². The smallest absolute Gasteiger partial charge is 0.252 e. The summed E-state index contributed by atoms with van der Waals surface area (Å²) >= 11 is 1.27. The predicted octanol–water partition coefficient (Wildman–Crippen LogP) is 2.33. The molecule has 134 valence electrons. The molecule has 1 aromatic rings. The Bertz CT molecular complexity index is 598. The van der Waals surface area contributed by atoms with Gasteiger partial charge < -0.3 is 10.6 Å². The quantitative estimate of drug-likeness (QED) is 0.362. The number of nitrogens with zero attached hydrogens (tertiary/aromatic N) is 2. The molecular weight excluding hydrogens is 447 g/mol. The maximum Gasteiger partial charge on any atom is 0.252 e. The van der Waals surface area contributed by atoms with E-state index in [9.17, 15) is 8.42 Å². The zero-order valence-electron chi connectivity index (χ0n) is 14.3. The summed E-state index contributed by atoms with van der Waals surface area (Å²) in [6, 6.07) is 3.47. The average Bonchev–Trinajstić information content (AvgIpc) is 2.91. The van der Waals surface area contributed by atoms with Crippen molar-refractivity contribution in [2.75, 3.05) is 27.7 Å². The van der Waals surface area contributed by atoms with Crippen molar-refractivity contribution in [3.05, 3.63) is 17.0 Å². The molecule has 1 heterocycles. The average molecular weight is 474 g/mol. The largest absolute Gasteiger partial charge is 0.356 e. The minimum atomic E-state index is -3.35. The molecule has 0 aromatic carbocycles. The Labute approximate surface area is 160 Å². The Kier molecular flexibility index (Phi) is 10.3.